The zero-order chi connectivity index (χ0) is 51.9. The van der Waals surface area contributed by atoms with Crippen molar-refractivity contribution in [3.05, 3.63) is 215 Å². The molecule has 0 bridgehead atoms. The maximum atomic E-state index is 12.0. The zero-order valence-electron chi connectivity index (χ0n) is 42.3. The van der Waals surface area contributed by atoms with Gasteiger partial charge in [-0.1, -0.05) is 87.0 Å². The van der Waals surface area contributed by atoms with E-state index in [1.165, 1.54) is 0 Å². The van der Waals surface area contributed by atoms with E-state index in [2.05, 4.69) is 183 Å². The maximum Gasteiger partial charge on any atom is 0.333 e. The van der Waals surface area contributed by atoms with Gasteiger partial charge in [-0.05, 0) is 159 Å². The standard InChI is InChI=1S/C62H64N2O8/c1-41(2)59(65)69-35-31-47-11-21-53(22-12-47)63(54-23-13-48(14-24-54)32-36-70-60(66)42(3)4)57-29-19-51(39-45(57)9)52-20-30-58(46(10)40-52)64(55-25-15-49(16-26-55)33-37-71-61(67)43(5)6)56-27-17-50(18-28-56)34-38-72-62(68)44(7)8/h11-30,39-40H,1,3,5,7,31-38H2,2,4,6,8-10H3. The lowest BCUT2D eigenvalue weighted by Gasteiger charge is -2.28. The van der Waals surface area contributed by atoms with Crippen molar-refractivity contribution < 1.29 is 38.1 Å². The minimum absolute atomic E-state index is 0.257. The summed E-state index contributed by atoms with van der Waals surface area (Å²) in [4.78, 5) is 52.4. The van der Waals surface area contributed by atoms with Gasteiger partial charge in [-0.25, -0.2) is 19.2 Å². The molecule has 0 heterocycles. The van der Waals surface area contributed by atoms with E-state index in [0.29, 0.717) is 48.0 Å². The van der Waals surface area contributed by atoms with E-state index in [0.717, 1.165) is 78.6 Å². The molecule has 0 aromatic heterocycles. The normalized spacial score (nSPS) is 10.7. The highest BCUT2D eigenvalue weighted by atomic mass is 16.5. The summed E-state index contributed by atoms with van der Waals surface area (Å²) in [5, 5.41) is 0. The van der Waals surface area contributed by atoms with E-state index >= 15 is 0 Å². The molecule has 0 atom stereocenters. The summed E-state index contributed by atoms with van der Waals surface area (Å²) in [5.41, 5.74) is 15.7. The quantitative estimate of drug-likeness (QED) is 0.0349. The first-order valence-electron chi connectivity index (χ1n) is 24.0. The van der Waals surface area contributed by atoms with Crippen molar-refractivity contribution in [2.24, 2.45) is 0 Å². The molecule has 0 aliphatic heterocycles. The Kier molecular flexibility index (Phi) is 18.5. The van der Waals surface area contributed by atoms with Crippen LogP contribution in [0, 0.1) is 13.8 Å². The largest absolute Gasteiger partial charge is 0.462 e. The molecule has 10 nitrogen and oxygen atoms in total. The first kappa shape index (κ1) is 53.1. The predicted molar refractivity (Wildman–Crippen MR) is 289 cm³/mol. The SMILES string of the molecule is C=C(C)C(=O)OCCc1ccc(N(c2ccc(CCOC(=O)C(=C)C)cc2)c2ccc(-c3ccc(N(c4ccc(CCOC(=O)C(=C)C)cc4)c4ccc(CCOC(=O)C(=C)C)cc4)c(C)c3)cc2C)cc1. The number of anilines is 6. The van der Waals surface area contributed by atoms with E-state index < -0.39 is 23.9 Å². The van der Waals surface area contributed by atoms with Gasteiger partial charge >= 0.3 is 23.9 Å². The molecule has 72 heavy (non-hydrogen) atoms. The van der Waals surface area contributed by atoms with Crippen LogP contribution in [0.25, 0.3) is 11.1 Å². The van der Waals surface area contributed by atoms with Crippen LogP contribution in [0.4, 0.5) is 34.1 Å². The summed E-state index contributed by atoms with van der Waals surface area (Å²) < 4.78 is 21.4. The van der Waals surface area contributed by atoms with Crippen molar-refractivity contribution >= 4 is 58.0 Å². The van der Waals surface area contributed by atoms with Gasteiger partial charge in [-0.2, -0.15) is 0 Å². The third-order valence-electron chi connectivity index (χ3n) is 11.9. The highest BCUT2D eigenvalue weighted by Gasteiger charge is 2.19. The van der Waals surface area contributed by atoms with Gasteiger partial charge < -0.3 is 28.7 Å². The number of ether oxygens (including phenoxy) is 4. The second-order valence-corrected chi connectivity index (χ2v) is 18.0. The molecule has 0 aliphatic carbocycles. The molecule has 0 amide bonds. The van der Waals surface area contributed by atoms with Gasteiger partial charge in [0.25, 0.3) is 0 Å². The van der Waals surface area contributed by atoms with Crippen molar-refractivity contribution in [3.63, 3.8) is 0 Å². The lowest BCUT2D eigenvalue weighted by Crippen LogP contribution is -2.12. The summed E-state index contributed by atoms with van der Waals surface area (Å²) in [6.45, 7) is 26.5. The van der Waals surface area contributed by atoms with Crippen LogP contribution in [0.5, 0.6) is 0 Å². The summed E-state index contributed by atoms with van der Waals surface area (Å²) in [6, 6.07) is 46.0. The van der Waals surface area contributed by atoms with Crippen LogP contribution in [0.2, 0.25) is 0 Å². The number of aryl methyl sites for hydroxylation is 2. The van der Waals surface area contributed by atoms with Crippen LogP contribution in [0.15, 0.2) is 182 Å². The van der Waals surface area contributed by atoms with Crippen LogP contribution >= 0.6 is 0 Å². The van der Waals surface area contributed by atoms with Gasteiger partial charge in [0.05, 0.1) is 26.4 Å². The van der Waals surface area contributed by atoms with Crippen LogP contribution in [0.1, 0.15) is 61.1 Å². The van der Waals surface area contributed by atoms with Crippen molar-refractivity contribution in [2.75, 3.05) is 36.2 Å². The second-order valence-electron chi connectivity index (χ2n) is 18.0. The fourth-order valence-corrected chi connectivity index (χ4v) is 7.81. The summed E-state index contributed by atoms with van der Waals surface area (Å²) in [6.07, 6.45) is 2.27. The van der Waals surface area contributed by atoms with Gasteiger partial charge in [-0.3, -0.25) is 0 Å². The monoisotopic (exact) mass is 964 g/mol. The summed E-state index contributed by atoms with van der Waals surface area (Å²) >= 11 is 0. The third-order valence-corrected chi connectivity index (χ3v) is 11.9. The molecule has 6 rings (SSSR count). The van der Waals surface area contributed by atoms with Gasteiger partial charge in [0, 0.05) is 82.1 Å². The molecule has 10 heteroatoms. The maximum absolute atomic E-state index is 12.0. The van der Waals surface area contributed by atoms with Gasteiger partial charge in [0.15, 0.2) is 0 Å². The Morgan fingerprint density at radius 1 is 0.361 bits per heavy atom. The molecule has 0 aliphatic rings. The number of hydrogen-bond acceptors (Lipinski definition) is 10. The number of rotatable bonds is 23. The number of hydrogen-bond donors (Lipinski definition) is 0. The first-order chi connectivity index (χ1) is 34.5. The van der Waals surface area contributed by atoms with Crippen LogP contribution < -0.4 is 9.80 Å². The second kappa shape index (κ2) is 25.0. The smallest absolute Gasteiger partial charge is 0.333 e. The number of carbonyl (C=O) groups is 4. The van der Waals surface area contributed by atoms with E-state index in [1.807, 2.05) is 0 Å². The van der Waals surface area contributed by atoms with Crippen LogP contribution in [-0.4, -0.2) is 50.3 Å². The van der Waals surface area contributed by atoms with E-state index in [-0.39, 0.29) is 26.4 Å². The molecule has 0 radical (unpaired) electrons. The van der Waals surface area contributed by atoms with Crippen LogP contribution in [0.3, 0.4) is 0 Å². The molecule has 0 unspecified atom stereocenters. The number of nitrogens with zero attached hydrogens (tertiary/aromatic N) is 2. The fourth-order valence-electron chi connectivity index (χ4n) is 7.81. The average Bonchev–Trinajstić information content (AvgIpc) is 3.36. The molecule has 370 valence electrons. The number of benzene rings is 6. The highest BCUT2D eigenvalue weighted by Crippen LogP contribution is 2.41. The van der Waals surface area contributed by atoms with E-state index in [9.17, 15) is 19.2 Å². The Labute approximate surface area is 424 Å². The molecule has 0 saturated carbocycles. The van der Waals surface area contributed by atoms with Crippen molar-refractivity contribution in [1.82, 2.24) is 0 Å². The van der Waals surface area contributed by atoms with E-state index in [1.54, 1.807) is 27.7 Å². The molecule has 0 N–H and O–H groups in total. The minimum atomic E-state index is -0.400. The molecular weight excluding hydrogens is 901 g/mol. The van der Waals surface area contributed by atoms with Crippen molar-refractivity contribution in [1.29, 1.82) is 0 Å². The Hall–Kier alpha value is -8.24. The molecule has 0 saturated heterocycles. The summed E-state index contributed by atoms with van der Waals surface area (Å²) in [5.74, 6) is -1.60. The van der Waals surface area contributed by atoms with E-state index in [4.69, 9.17) is 18.9 Å². The van der Waals surface area contributed by atoms with Crippen molar-refractivity contribution in [3.8, 4) is 11.1 Å². The summed E-state index contributed by atoms with van der Waals surface area (Å²) in [7, 11) is 0. The van der Waals surface area contributed by atoms with Gasteiger partial charge in [0.1, 0.15) is 0 Å². The zero-order valence-corrected chi connectivity index (χ0v) is 42.3. The minimum Gasteiger partial charge on any atom is -0.462 e. The lowest BCUT2D eigenvalue weighted by molar-refractivity contribution is -0.139. The lowest BCUT2D eigenvalue weighted by atomic mass is 9.98. The third kappa shape index (κ3) is 14.4. The van der Waals surface area contributed by atoms with Crippen LogP contribution in [-0.2, 0) is 63.8 Å². The molecular formula is C62H64N2O8. The Morgan fingerprint density at radius 2 is 0.583 bits per heavy atom. The Balaban J connectivity index is 1.29. The van der Waals surface area contributed by atoms with Crippen molar-refractivity contribution in [2.45, 2.75) is 67.2 Å². The molecule has 6 aromatic rings. The first-order valence-corrected chi connectivity index (χ1v) is 24.0. The van der Waals surface area contributed by atoms with Gasteiger partial charge in [0.2, 0.25) is 0 Å². The Bertz CT molecular complexity index is 2600. The average molecular weight is 965 g/mol. The molecule has 0 fully saturated rings. The Morgan fingerprint density at radius 3 is 0.778 bits per heavy atom. The van der Waals surface area contributed by atoms with Gasteiger partial charge in [-0.15, -0.1) is 0 Å². The highest BCUT2D eigenvalue weighted by molar-refractivity contribution is 5.89. The molecule has 0 spiro atoms. The number of esters is 4. The number of carbonyl (C=O) groups excluding carboxylic acids is 4. The molecule has 6 aromatic carbocycles. The topological polar surface area (TPSA) is 112 Å². The predicted octanol–water partition coefficient (Wildman–Crippen LogP) is 13.6. The fraction of sp³-hybridized carbons (Fsp3) is 0.226.